The normalized spacial score (nSPS) is 13.3. The molecule has 0 amide bonds. The first-order valence-corrected chi connectivity index (χ1v) is 7.74. The smallest absolute Gasteiger partial charge is 0.289 e. The molecule has 112 valence electrons. The molecule has 1 aromatic carbocycles. The van der Waals surface area contributed by atoms with Crippen LogP contribution in [0.4, 0.5) is 5.82 Å². The summed E-state index contributed by atoms with van der Waals surface area (Å²) in [5.41, 5.74) is 11.0. The molecule has 2 aromatic rings. The standard InChI is InChI=1S/C18H19N3O/c1-2-22-13-9-7-12(8-10-13)17-14-5-3-4-6-16(14)21-18(20)15(17)11-19/h7-10H,2-6H2,1H3,(H2,20,21)/p+1. The lowest BCUT2D eigenvalue weighted by molar-refractivity contribution is -0.374. The molecular weight excluding hydrogens is 274 g/mol. The second-order valence-electron chi connectivity index (χ2n) is 5.52. The molecule has 0 radical (unpaired) electrons. The largest absolute Gasteiger partial charge is 0.494 e. The number of rotatable bonds is 3. The fourth-order valence-corrected chi connectivity index (χ4v) is 3.15. The van der Waals surface area contributed by atoms with Crippen molar-refractivity contribution in [3.05, 3.63) is 41.1 Å². The van der Waals surface area contributed by atoms with Crippen molar-refractivity contribution in [3.63, 3.8) is 0 Å². The number of nitrogens with one attached hydrogen (secondary N) is 1. The van der Waals surface area contributed by atoms with Gasteiger partial charge in [0, 0.05) is 17.5 Å². The van der Waals surface area contributed by atoms with E-state index in [-0.39, 0.29) is 0 Å². The fraction of sp³-hybridized carbons (Fsp3) is 0.333. The van der Waals surface area contributed by atoms with E-state index in [1.54, 1.807) is 0 Å². The summed E-state index contributed by atoms with van der Waals surface area (Å²) in [6.45, 7) is 2.61. The summed E-state index contributed by atoms with van der Waals surface area (Å²) < 4.78 is 5.49. The van der Waals surface area contributed by atoms with E-state index in [9.17, 15) is 5.26 Å². The molecule has 1 heterocycles. The van der Waals surface area contributed by atoms with Crippen LogP contribution in [0.5, 0.6) is 5.75 Å². The molecule has 0 atom stereocenters. The van der Waals surface area contributed by atoms with E-state index in [4.69, 9.17) is 10.5 Å². The topological polar surface area (TPSA) is 73.2 Å². The number of nitrogen functional groups attached to an aromatic ring is 1. The molecule has 0 saturated heterocycles. The van der Waals surface area contributed by atoms with E-state index < -0.39 is 0 Å². The molecule has 3 rings (SSSR count). The summed E-state index contributed by atoms with van der Waals surface area (Å²) in [5.74, 6) is 1.31. The number of nitrogens with two attached hydrogens (primary N) is 1. The van der Waals surface area contributed by atoms with Crippen LogP contribution in [-0.4, -0.2) is 6.61 Å². The molecule has 0 bridgehead atoms. The van der Waals surface area contributed by atoms with E-state index in [1.165, 1.54) is 11.3 Å². The number of aromatic nitrogens is 1. The van der Waals surface area contributed by atoms with Crippen LogP contribution in [0.2, 0.25) is 0 Å². The quantitative estimate of drug-likeness (QED) is 0.946. The second kappa shape index (κ2) is 6.07. The van der Waals surface area contributed by atoms with Gasteiger partial charge >= 0.3 is 0 Å². The van der Waals surface area contributed by atoms with Gasteiger partial charge in [-0.25, -0.2) is 4.98 Å². The van der Waals surface area contributed by atoms with Crippen LogP contribution in [0.3, 0.4) is 0 Å². The summed E-state index contributed by atoms with van der Waals surface area (Å²) in [7, 11) is 0. The third-order valence-electron chi connectivity index (χ3n) is 4.14. The van der Waals surface area contributed by atoms with Gasteiger partial charge < -0.3 is 4.74 Å². The van der Waals surface area contributed by atoms with Gasteiger partial charge in [0.15, 0.2) is 0 Å². The van der Waals surface area contributed by atoms with Crippen LogP contribution < -0.4 is 15.5 Å². The van der Waals surface area contributed by atoms with E-state index in [0.717, 1.165) is 42.6 Å². The highest BCUT2D eigenvalue weighted by atomic mass is 16.5. The Morgan fingerprint density at radius 1 is 1.23 bits per heavy atom. The summed E-state index contributed by atoms with van der Waals surface area (Å²) in [5, 5.41) is 9.53. The third-order valence-corrected chi connectivity index (χ3v) is 4.14. The molecule has 22 heavy (non-hydrogen) atoms. The van der Waals surface area contributed by atoms with Gasteiger partial charge in [-0.2, -0.15) is 5.26 Å². The van der Waals surface area contributed by atoms with Crippen LogP contribution in [0.15, 0.2) is 24.3 Å². The first kappa shape index (κ1) is 14.4. The zero-order valence-electron chi connectivity index (χ0n) is 12.8. The minimum Gasteiger partial charge on any atom is -0.494 e. The molecule has 1 aliphatic rings. The number of anilines is 1. The lowest BCUT2D eigenvalue weighted by Gasteiger charge is -2.18. The number of H-pyrrole nitrogens is 1. The van der Waals surface area contributed by atoms with Gasteiger partial charge in [0.1, 0.15) is 23.1 Å². The Morgan fingerprint density at radius 2 is 1.95 bits per heavy atom. The summed E-state index contributed by atoms with van der Waals surface area (Å²) in [4.78, 5) is 3.22. The molecule has 1 aromatic heterocycles. The Hall–Kier alpha value is -2.54. The number of nitrogens with zero attached hydrogens (tertiary/aromatic N) is 1. The Morgan fingerprint density at radius 3 is 2.64 bits per heavy atom. The van der Waals surface area contributed by atoms with E-state index in [2.05, 4.69) is 11.1 Å². The average Bonchev–Trinajstić information content (AvgIpc) is 2.55. The highest BCUT2D eigenvalue weighted by Gasteiger charge is 2.24. The number of pyridine rings is 1. The summed E-state index contributed by atoms with van der Waals surface area (Å²) >= 11 is 0. The van der Waals surface area contributed by atoms with Gasteiger partial charge in [0.25, 0.3) is 5.82 Å². The molecule has 1 aliphatic carbocycles. The van der Waals surface area contributed by atoms with Crippen LogP contribution in [0.1, 0.15) is 36.6 Å². The number of hydrogen-bond acceptors (Lipinski definition) is 3. The van der Waals surface area contributed by atoms with Crippen molar-refractivity contribution in [2.75, 3.05) is 12.3 Å². The highest BCUT2D eigenvalue weighted by molar-refractivity contribution is 5.78. The van der Waals surface area contributed by atoms with Crippen LogP contribution in [-0.2, 0) is 12.8 Å². The maximum Gasteiger partial charge on any atom is 0.289 e. The lowest BCUT2D eigenvalue weighted by Crippen LogP contribution is -2.24. The second-order valence-corrected chi connectivity index (χ2v) is 5.52. The molecule has 0 unspecified atom stereocenters. The number of aryl methyl sites for hydroxylation is 1. The number of nitriles is 1. The van der Waals surface area contributed by atoms with Crippen molar-refractivity contribution >= 4 is 5.82 Å². The monoisotopic (exact) mass is 294 g/mol. The van der Waals surface area contributed by atoms with Gasteiger partial charge in [0.2, 0.25) is 0 Å². The molecule has 4 nitrogen and oxygen atoms in total. The number of ether oxygens (including phenoxy) is 1. The van der Waals surface area contributed by atoms with Crippen molar-refractivity contribution < 1.29 is 9.72 Å². The summed E-state index contributed by atoms with van der Waals surface area (Å²) in [6, 6.07) is 10.2. The predicted octanol–water partition coefficient (Wildman–Crippen LogP) is 2.90. The lowest BCUT2D eigenvalue weighted by atomic mass is 9.86. The van der Waals surface area contributed by atoms with Crippen LogP contribution in [0, 0.1) is 11.3 Å². The van der Waals surface area contributed by atoms with Crippen LogP contribution in [0.25, 0.3) is 11.1 Å². The van der Waals surface area contributed by atoms with Gasteiger partial charge in [-0.05, 0) is 43.9 Å². The minimum absolute atomic E-state index is 0.465. The average molecular weight is 294 g/mol. The van der Waals surface area contributed by atoms with Gasteiger partial charge in [0.05, 0.1) is 6.61 Å². The molecule has 0 saturated carbocycles. The van der Waals surface area contributed by atoms with Crippen molar-refractivity contribution in [2.45, 2.75) is 32.6 Å². The first-order valence-electron chi connectivity index (χ1n) is 7.74. The van der Waals surface area contributed by atoms with Crippen molar-refractivity contribution in [1.29, 1.82) is 5.26 Å². The highest BCUT2D eigenvalue weighted by Crippen LogP contribution is 2.34. The molecular formula is C18H20N3O+. The van der Waals surface area contributed by atoms with E-state index in [1.807, 2.05) is 31.2 Å². The third kappa shape index (κ3) is 2.50. The Kier molecular flexibility index (Phi) is 3.97. The number of benzene rings is 1. The zero-order chi connectivity index (χ0) is 15.5. The number of hydrogen-bond donors (Lipinski definition) is 1. The van der Waals surface area contributed by atoms with Crippen molar-refractivity contribution in [3.8, 4) is 22.9 Å². The van der Waals surface area contributed by atoms with Gasteiger partial charge in [-0.3, -0.25) is 5.73 Å². The Bertz CT molecular complexity index is 729. The minimum atomic E-state index is 0.465. The Balaban J connectivity index is 2.16. The van der Waals surface area contributed by atoms with Gasteiger partial charge in [-0.1, -0.05) is 12.1 Å². The predicted molar refractivity (Wildman–Crippen MR) is 85.4 cm³/mol. The number of aromatic amines is 1. The van der Waals surface area contributed by atoms with Crippen molar-refractivity contribution in [1.82, 2.24) is 0 Å². The van der Waals surface area contributed by atoms with Crippen LogP contribution >= 0.6 is 0 Å². The van der Waals surface area contributed by atoms with E-state index in [0.29, 0.717) is 18.0 Å². The fourth-order valence-electron chi connectivity index (χ4n) is 3.15. The first-order chi connectivity index (χ1) is 10.7. The Labute approximate surface area is 130 Å². The molecule has 0 aliphatic heterocycles. The SMILES string of the molecule is CCOc1ccc(-c2c(C#N)c(N)[nH+]c3c2CCCC3)cc1. The molecule has 4 heteroatoms. The molecule has 0 spiro atoms. The molecule has 0 fully saturated rings. The maximum atomic E-state index is 9.53. The summed E-state index contributed by atoms with van der Waals surface area (Å²) in [6.07, 6.45) is 4.30. The number of fused-ring (bicyclic) bond motifs is 1. The van der Waals surface area contributed by atoms with Gasteiger partial charge in [-0.15, -0.1) is 0 Å². The van der Waals surface area contributed by atoms with Crippen molar-refractivity contribution in [2.24, 2.45) is 0 Å². The zero-order valence-corrected chi connectivity index (χ0v) is 12.8. The molecule has 3 N–H and O–H groups in total. The van der Waals surface area contributed by atoms with E-state index >= 15 is 0 Å². The maximum absolute atomic E-state index is 9.53.